The van der Waals surface area contributed by atoms with E-state index in [4.69, 9.17) is 0 Å². The third-order valence-electron chi connectivity index (χ3n) is 3.86. The highest BCUT2D eigenvalue weighted by Crippen LogP contribution is 2.38. The Morgan fingerprint density at radius 1 is 0.833 bits per heavy atom. The third kappa shape index (κ3) is 1.78. The molecule has 0 unspecified atom stereocenters. The van der Waals surface area contributed by atoms with Gasteiger partial charge in [-0.2, -0.15) is 0 Å². The van der Waals surface area contributed by atoms with Gasteiger partial charge in [0.1, 0.15) is 0 Å². The summed E-state index contributed by atoms with van der Waals surface area (Å²) < 4.78 is 0. The minimum atomic E-state index is 1.07. The number of benzene rings is 2. The van der Waals surface area contributed by atoms with Gasteiger partial charge in [-0.15, -0.1) is 0 Å². The van der Waals surface area contributed by atoms with E-state index in [0.717, 1.165) is 6.42 Å². The van der Waals surface area contributed by atoms with Crippen LogP contribution in [0.1, 0.15) is 34.7 Å². The zero-order valence-corrected chi connectivity index (χ0v) is 11.2. The van der Waals surface area contributed by atoms with Gasteiger partial charge in [-0.3, -0.25) is 0 Å². The molecule has 0 heterocycles. The summed E-state index contributed by atoms with van der Waals surface area (Å²) in [4.78, 5) is 0. The maximum Gasteiger partial charge on any atom is -0.00109 e. The number of fused-ring (bicyclic) bond motifs is 1. The molecule has 0 fully saturated rings. The van der Waals surface area contributed by atoms with Crippen molar-refractivity contribution in [1.82, 2.24) is 0 Å². The van der Waals surface area contributed by atoms with Crippen molar-refractivity contribution in [2.75, 3.05) is 0 Å². The number of aryl methyl sites for hydroxylation is 2. The first-order valence-electron chi connectivity index (χ1n) is 6.52. The molecule has 18 heavy (non-hydrogen) atoms. The number of hydrogen-bond acceptors (Lipinski definition) is 0. The second-order valence-corrected chi connectivity index (χ2v) is 5.31. The fourth-order valence-corrected chi connectivity index (χ4v) is 2.83. The molecule has 1 aliphatic rings. The van der Waals surface area contributed by atoms with Crippen LogP contribution < -0.4 is 0 Å². The second-order valence-electron chi connectivity index (χ2n) is 5.31. The predicted molar refractivity (Wildman–Crippen MR) is 78.6 cm³/mol. The van der Waals surface area contributed by atoms with Crippen molar-refractivity contribution in [2.24, 2.45) is 0 Å². The highest BCUT2D eigenvalue weighted by Gasteiger charge is 2.19. The van der Waals surface area contributed by atoms with Gasteiger partial charge >= 0.3 is 0 Å². The van der Waals surface area contributed by atoms with Crippen LogP contribution in [-0.4, -0.2) is 0 Å². The van der Waals surface area contributed by atoms with E-state index in [0.29, 0.717) is 0 Å². The van der Waals surface area contributed by atoms with Gasteiger partial charge in [0.15, 0.2) is 0 Å². The fraction of sp³-hybridized carbons (Fsp3) is 0.222. The summed E-state index contributed by atoms with van der Waals surface area (Å²) >= 11 is 0. The van der Waals surface area contributed by atoms with E-state index >= 15 is 0 Å². The minimum absolute atomic E-state index is 1.07. The molecule has 2 aromatic rings. The normalized spacial score (nSPS) is 13.9. The summed E-state index contributed by atoms with van der Waals surface area (Å²) in [6.07, 6.45) is 1.07. The lowest BCUT2D eigenvalue weighted by Gasteiger charge is -2.05. The van der Waals surface area contributed by atoms with E-state index < -0.39 is 0 Å². The lowest BCUT2D eigenvalue weighted by Crippen LogP contribution is -1.86. The molecule has 0 amide bonds. The lowest BCUT2D eigenvalue weighted by atomic mass is 10.00. The first-order valence-corrected chi connectivity index (χ1v) is 6.52. The molecule has 2 aromatic carbocycles. The van der Waals surface area contributed by atoms with Crippen LogP contribution in [0.25, 0.3) is 11.1 Å². The maximum atomic E-state index is 2.31. The molecule has 0 aromatic heterocycles. The van der Waals surface area contributed by atoms with Crippen molar-refractivity contribution >= 4 is 11.1 Å². The van der Waals surface area contributed by atoms with Gasteiger partial charge in [0.2, 0.25) is 0 Å². The summed E-state index contributed by atoms with van der Waals surface area (Å²) in [7, 11) is 0. The second kappa shape index (κ2) is 4.13. The summed E-state index contributed by atoms with van der Waals surface area (Å²) in [6.45, 7) is 6.58. The zero-order chi connectivity index (χ0) is 12.7. The predicted octanol–water partition coefficient (Wildman–Crippen LogP) is 4.79. The molecule has 1 aliphatic carbocycles. The van der Waals surface area contributed by atoms with Crippen molar-refractivity contribution in [3.63, 3.8) is 0 Å². The van der Waals surface area contributed by atoms with E-state index in [1.54, 1.807) is 0 Å². The van der Waals surface area contributed by atoms with Crippen LogP contribution >= 0.6 is 0 Å². The number of rotatable bonds is 1. The van der Waals surface area contributed by atoms with E-state index in [-0.39, 0.29) is 0 Å². The smallest absolute Gasteiger partial charge is 0.00109 e. The Bertz CT molecular complexity index is 645. The molecule has 0 saturated carbocycles. The van der Waals surface area contributed by atoms with Crippen molar-refractivity contribution < 1.29 is 0 Å². The van der Waals surface area contributed by atoms with Gasteiger partial charge in [-0.05, 0) is 55.0 Å². The van der Waals surface area contributed by atoms with Gasteiger partial charge in [0.05, 0.1) is 0 Å². The Labute approximate surface area is 109 Å². The first-order chi connectivity index (χ1) is 8.65. The zero-order valence-electron chi connectivity index (χ0n) is 11.2. The molecule has 0 heteroatoms. The fourth-order valence-electron chi connectivity index (χ4n) is 2.83. The molecule has 0 spiro atoms. The topological polar surface area (TPSA) is 0 Å². The molecule has 0 nitrogen and oxygen atoms in total. The quantitative estimate of drug-likeness (QED) is 0.665. The Hall–Kier alpha value is -1.82. The Balaban J connectivity index is 2.11. The Morgan fingerprint density at radius 3 is 2.39 bits per heavy atom. The highest BCUT2D eigenvalue weighted by atomic mass is 14.2. The Morgan fingerprint density at radius 2 is 1.61 bits per heavy atom. The summed E-state index contributed by atoms with van der Waals surface area (Å²) in [6, 6.07) is 15.6. The average Bonchev–Trinajstić information content (AvgIpc) is 2.67. The molecule has 3 rings (SSSR count). The van der Waals surface area contributed by atoms with E-state index in [2.05, 4.69) is 63.2 Å². The molecule has 0 N–H and O–H groups in total. The van der Waals surface area contributed by atoms with Crippen molar-refractivity contribution in [3.05, 3.63) is 70.3 Å². The van der Waals surface area contributed by atoms with E-state index in [1.807, 2.05) is 0 Å². The van der Waals surface area contributed by atoms with Crippen LogP contribution in [0.3, 0.4) is 0 Å². The Kier molecular flexibility index (Phi) is 2.59. The molecule has 0 radical (unpaired) electrons. The molecule has 90 valence electrons. The molecule has 0 atom stereocenters. The highest BCUT2D eigenvalue weighted by molar-refractivity contribution is 5.96. The number of allylic oxidation sites excluding steroid dienone is 2. The van der Waals surface area contributed by atoms with Gasteiger partial charge in [0, 0.05) is 0 Å². The molecule has 0 saturated heterocycles. The van der Waals surface area contributed by atoms with Gasteiger partial charge in [0.25, 0.3) is 0 Å². The summed E-state index contributed by atoms with van der Waals surface area (Å²) in [5.41, 5.74) is 9.89. The molecule has 0 bridgehead atoms. The van der Waals surface area contributed by atoms with Crippen LogP contribution in [0.2, 0.25) is 0 Å². The van der Waals surface area contributed by atoms with Gasteiger partial charge in [-0.1, -0.05) is 53.6 Å². The monoisotopic (exact) mass is 234 g/mol. The van der Waals surface area contributed by atoms with Crippen LogP contribution in [0.4, 0.5) is 0 Å². The van der Waals surface area contributed by atoms with Gasteiger partial charge in [-0.25, -0.2) is 0 Å². The SMILES string of the molecule is CC1=C(c2cccc(C)c2)Cc2ccc(C)cc21. The van der Waals surface area contributed by atoms with Crippen molar-refractivity contribution in [1.29, 1.82) is 0 Å². The van der Waals surface area contributed by atoms with E-state index in [1.165, 1.54) is 39.0 Å². The van der Waals surface area contributed by atoms with Crippen molar-refractivity contribution in [2.45, 2.75) is 27.2 Å². The van der Waals surface area contributed by atoms with Crippen LogP contribution in [-0.2, 0) is 6.42 Å². The molecule has 0 aliphatic heterocycles. The van der Waals surface area contributed by atoms with Crippen LogP contribution in [0.15, 0.2) is 42.5 Å². The first kappa shape index (κ1) is 11.3. The van der Waals surface area contributed by atoms with Gasteiger partial charge < -0.3 is 0 Å². The number of hydrogen-bond donors (Lipinski definition) is 0. The third-order valence-corrected chi connectivity index (χ3v) is 3.86. The van der Waals surface area contributed by atoms with Crippen LogP contribution in [0.5, 0.6) is 0 Å². The van der Waals surface area contributed by atoms with E-state index in [9.17, 15) is 0 Å². The minimum Gasteiger partial charge on any atom is -0.0614 e. The van der Waals surface area contributed by atoms with Crippen molar-refractivity contribution in [3.8, 4) is 0 Å². The van der Waals surface area contributed by atoms with Crippen LogP contribution in [0, 0.1) is 13.8 Å². The maximum absolute atomic E-state index is 2.31. The largest absolute Gasteiger partial charge is 0.0614 e. The summed E-state index contributed by atoms with van der Waals surface area (Å²) in [5.74, 6) is 0. The molecular formula is C18H18. The lowest BCUT2D eigenvalue weighted by molar-refractivity contribution is 1.29. The molecular weight excluding hydrogens is 216 g/mol. The summed E-state index contributed by atoms with van der Waals surface area (Å²) in [5, 5.41) is 0. The average molecular weight is 234 g/mol. The standard InChI is InChI=1S/C18H18/c1-12-5-4-6-15(9-12)18-11-16-8-7-13(2)10-17(16)14(18)3/h4-10H,11H2,1-3H3.